The quantitative estimate of drug-likeness (QED) is 0.206. The highest BCUT2D eigenvalue weighted by Gasteiger charge is 2.12. The Hall–Kier alpha value is -3.58. The maximum absolute atomic E-state index is 12.9. The zero-order valence-corrected chi connectivity index (χ0v) is 20.3. The molecule has 4 rings (SSSR count). The van der Waals surface area contributed by atoms with Crippen LogP contribution in [-0.4, -0.2) is 23.1 Å². The summed E-state index contributed by atoms with van der Waals surface area (Å²) in [6.07, 6.45) is 1.50. The Morgan fingerprint density at radius 3 is 2.34 bits per heavy atom. The van der Waals surface area contributed by atoms with Gasteiger partial charge in [-0.05, 0) is 52.7 Å². The molecule has 0 atom stereocenters. The third-order valence-electron chi connectivity index (χ3n) is 5.22. The second-order valence-corrected chi connectivity index (χ2v) is 8.77. The third kappa shape index (κ3) is 5.74. The van der Waals surface area contributed by atoms with Gasteiger partial charge in [0.05, 0.1) is 21.3 Å². The molecule has 0 radical (unpaired) electrons. The van der Waals surface area contributed by atoms with Crippen LogP contribution in [0, 0.1) is 0 Å². The van der Waals surface area contributed by atoms with Crippen molar-refractivity contribution in [2.24, 2.45) is 5.10 Å². The minimum absolute atomic E-state index is 0.0700. The Balaban J connectivity index is 1.50. The molecule has 6 nitrogen and oxygen atoms in total. The summed E-state index contributed by atoms with van der Waals surface area (Å²) in [6, 6.07) is 20.2. The summed E-state index contributed by atoms with van der Waals surface area (Å²) >= 11 is 17.9. The van der Waals surface area contributed by atoms with Crippen LogP contribution < -0.4 is 10.7 Å². The molecule has 0 saturated heterocycles. The summed E-state index contributed by atoms with van der Waals surface area (Å²) in [7, 11) is 0. The van der Waals surface area contributed by atoms with Crippen molar-refractivity contribution in [3.05, 3.63) is 110 Å². The summed E-state index contributed by atoms with van der Waals surface area (Å²) in [5.41, 5.74) is 4.73. The fraction of sp³-hybridized carbons (Fsp3) is 0.0385. The van der Waals surface area contributed by atoms with Crippen LogP contribution in [0.5, 0.6) is 5.75 Å². The molecule has 9 heteroatoms. The molecule has 0 aliphatic rings. The molecule has 35 heavy (non-hydrogen) atoms. The smallest absolute Gasteiger partial charge is 0.271 e. The largest absolute Gasteiger partial charge is 0.506 e. The van der Waals surface area contributed by atoms with E-state index >= 15 is 0 Å². The first kappa shape index (κ1) is 24.5. The molecule has 2 amide bonds. The predicted octanol–water partition coefficient (Wildman–Crippen LogP) is 6.20. The number of phenols is 1. The average molecular weight is 527 g/mol. The molecule has 0 aliphatic heterocycles. The van der Waals surface area contributed by atoms with Crippen LogP contribution in [0.1, 0.15) is 31.8 Å². The lowest BCUT2D eigenvalue weighted by molar-refractivity contribution is 0.0945. The fourth-order valence-corrected chi connectivity index (χ4v) is 3.93. The first-order valence-corrected chi connectivity index (χ1v) is 11.5. The van der Waals surface area contributed by atoms with Gasteiger partial charge in [-0.25, -0.2) is 5.43 Å². The maximum atomic E-state index is 12.9. The van der Waals surface area contributed by atoms with Gasteiger partial charge in [-0.15, -0.1) is 0 Å². The molecule has 0 aromatic heterocycles. The molecule has 0 fully saturated rings. The highest BCUT2D eigenvalue weighted by Crippen LogP contribution is 2.25. The van der Waals surface area contributed by atoms with Gasteiger partial charge in [0, 0.05) is 23.2 Å². The molecule has 0 unspecified atom stereocenters. The van der Waals surface area contributed by atoms with E-state index < -0.39 is 5.91 Å². The van der Waals surface area contributed by atoms with Crippen molar-refractivity contribution in [2.45, 2.75) is 6.54 Å². The van der Waals surface area contributed by atoms with Gasteiger partial charge in [-0.1, -0.05) is 71.2 Å². The normalized spacial score (nSPS) is 11.1. The van der Waals surface area contributed by atoms with Crippen molar-refractivity contribution < 1.29 is 14.7 Å². The lowest BCUT2D eigenvalue weighted by Crippen LogP contribution is -2.23. The van der Waals surface area contributed by atoms with Gasteiger partial charge in [0.25, 0.3) is 11.8 Å². The highest BCUT2D eigenvalue weighted by molar-refractivity contribution is 6.42. The van der Waals surface area contributed by atoms with Gasteiger partial charge in [0.15, 0.2) is 0 Å². The van der Waals surface area contributed by atoms with E-state index in [9.17, 15) is 14.7 Å². The Bertz CT molecular complexity index is 1470. The number of nitrogens with zero attached hydrogens (tertiary/aromatic N) is 1. The molecule has 0 heterocycles. The molecule has 0 aliphatic carbocycles. The summed E-state index contributed by atoms with van der Waals surface area (Å²) in [4.78, 5) is 25.2. The van der Waals surface area contributed by atoms with Crippen molar-refractivity contribution in [3.8, 4) is 5.75 Å². The first-order valence-electron chi connectivity index (χ1n) is 10.4. The van der Waals surface area contributed by atoms with Crippen LogP contribution in [0.25, 0.3) is 10.8 Å². The van der Waals surface area contributed by atoms with E-state index in [0.29, 0.717) is 27.7 Å². The lowest BCUT2D eigenvalue weighted by Gasteiger charge is -2.10. The number of hydrogen-bond acceptors (Lipinski definition) is 4. The molecule has 3 N–H and O–H groups in total. The van der Waals surface area contributed by atoms with Crippen LogP contribution >= 0.6 is 34.8 Å². The van der Waals surface area contributed by atoms with Gasteiger partial charge >= 0.3 is 0 Å². The minimum Gasteiger partial charge on any atom is -0.506 e. The predicted molar refractivity (Wildman–Crippen MR) is 140 cm³/mol. The second-order valence-electron chi connectivity index (χ2n) is 7.54. The number of nitrogens with one attached hydrogen (secondary N) is 2. The van der Waals surface area contributed by atoms with Crippen molar-refractivity contribution in [1.82, 2.24) is 10.7 Å². The highest BCUT2D eigenvalue weighted by atomic mass is 35.5. The maximum Gasteiger partial charge on any atom is 0.271 e. The second kappa shape index (κ2) is 10.8. The summed E-state index contributed by atoms with van der Waals surface area (Å²) in [6.45, 7) is 0.292. The monoisotopic (exact) mass is 525 g/mol. The van der Waals surface area contributed by atoms with Crippen LogP contribution in [0.4, 0.5) is 0 Å². The molecule has 4 aromatic carbocycles. The number of carbonyl (C=O) groups excluding carboxylic acids is 2. The van der Waals surface area contributed by atoms with E-state index in [0.717, 1.165) is 16.3 Å². The van der Waals surface area contributed by atoms with Crippen LogP contribution in [0.3, 0.4) is 0 Å². The summed E-state index contributed by atoms with van der Waals surface area (Å²) < 4.78 is 0. The molecular weight excluding hydrogens is 509 g/mol. The topological polar surface area (TPSA) is 90.8 Å². The number of hydrogen-bond donors (Lipinski definition) is 3. The first-order chi connectivity index (χ1) is 16.8. The van der Waals surface area contributed by atoms with Crippen LogP contribution in [-0.2, 0) is 6.54 Å². The van der Waals surface area contributed by atoms with Crippen LogP contribution in [0.15, 0.2) is 77.9 Å². The third-order valence-corrected chi connectivity index (χ3v) is 6.26. The van der Waals surface area contributed by atoms with E-state index in [1.807, 2.05) is 24.3 Å². The number of carbonyl (C=O) groups is 2. The molecule has 0 spiro atoms. The van der Waals surface area contributed by atoms with Crippen LogP contribution in [0.2, 0.25) is 15.1 Å². The molecule has 4 aromatic rings. The molecule has 176 valence electrons. The van der Waals surface area contributed by atoms with Crippen molar-refractivity contribution in [3.63, 3.8) is 0 Å². The Morgan fingerprint density at radius 2 is 1.60 bits per heavy atom. The van der Waals surface area contributed by atoms with Gasteiger partial charge in [-0.3, -0.25) is 9.59 Å². The number of fused-ring (bicyclic) bond motifs is 1. The zero-order valence-electron chi connectivity index (χ0n) is 18.1. The number of amides is 2. The molecular formula is C26H18Cl3N3O3. The minimum atomic E-state index is -0.481. The van der Waals surface area contributed by atoms with E-state index in [2.05, 4.69) is 15.8 Å². The number of phenolic OH excluding ortho intramolecular Hbond substituents is 1. The van der Waals surface area contributed by atoms with E-state index in [1.54, 1.807) is 30.3 Å². The summed E-state index contributed by atoms with van der Waals surface area (Å²) in [5, 5.41) is 18.9. The number of benzene rings is 4. The lowest BCUT2D eigenvalue weighted by atomic mass is 9.99. The van der Waals surface area contributed by atoms with E-state index in [1.165, 1.54) is 24.4 Å². The molecule has 0 saturated carbocycles. The summed E-state index contributed by atoms with van der Waals surface area (Å²) in [5.74, 6) is -0.835. The van der Waals surface area contributed by atoms with E-state index in [-0.39, 0.29) is 22.2 Å². The van der Waals surface area contributed by atoms with Gasteiger partial charge in [0.2, 0.25) is 0 Å². The Morgan fingerprint density at radius 1 is 0.829 bits per heavy atom. The fourth-order valence-electron chi connectivity index (χ4n) is 3.43. The SMILES string of the molecule is O=C(NN=Cc1ccc(C(=O)NCc2ccc(Cl)c(Cl)c2)c2ccccc12)c1ccc(O)c(Cl)c1. The zero-order chi connectivity index (χ0) is 24.9. The number of aromatic hydroxyl groups is 1. The number of halogens is 3. The van der Waals surface area contributed by atoms with Gasteiger partial charge in [-0.2, -0.15) is 5.10 Å². The number of rotatable bonds is 6. The Labute approximate surface area is 216 Å². The molecule has 0 bridgehead atoms. The van der Waals surface area contributed by atoms with Crippen molar-refractivity contribution in [1.29, 1.82) is 0 Å². The van der Waals surface area contributed by atoms with Gasteiger partial charge in [0.1, 0.15) is 5.75 Å². The van der Waals surface area contributed by atoms with Crippen molar-refractivity contribution in [2.75, 3.05) is 0 Å². The average Bonchev–Trinajstić information content (AvgIpc) is 2.86. The van der Waals surface area contributed by atoms with Crippen molar-refractivity contribution >= 4 is 63.6 Å². The Kier molecular flexibility index (Phi) is 7.56. The number of hydrazone groups is 1. The van der Waals surface area contributed by atoms with E-state index in [4.69, 9.17) is 34.8 Å². The van der Waals surface area contributed by atoms with Gasteiger partial charge < -0.3 is 10.4 Å². The standard InChI is InChI=1S/C26H18Cl3N3O3/c27-21-9-5-15(11-22(21)28)13-30-26(35)20-8-6-17(18-3-1-2-4-19(18)20)14-31-32-25(34)16-7-10-24(33)23(29)12-16/h1-12,14,33H,13H2,(H,30,35)(H,32,34).